The van der Waals surface area contributed by atoms with Crippen molar-refractivity contribution in [2.24, 2.45) is 0 Å². The van der Waals surface area contributed by atoms with E-state index < -0.39 is 0 Å². The van der Waals surface area contributed by atoms with Crippen LogP contribution in [0.2, 0.25) is 0 Å². The molecule has 1 aliphatic rings. The molecule has 0 spiro atoms. The summed E-state index contributed by atoms with van der Waals surface area (Å²) in [5.41, 5.74) is 7.55. The maximum Gasteiger partial charge on any atom is 0.168 e. The van der Waals surface area contributed by atoms with Gasteiger partial charge in [0.15, 0.2) is 5.82 Å². The van der Waals surface area contributed by atoms with Crippen molar-refractivity contribution in [2.45, 2.75) is 25.4 Å². The summed E-state index contributed by atoms with van der Waals surface area (Å²) in [6.07, 6.45) is 2.27. The molecule has 2 aromatic rings. The highest BCUT2D eigenvalue weighted by atomic mass is 15.3. The lowest BCUT2D eigenvalue weighted by molar-refractivity contribution is 0.698. The van der Waals surface area contributed by atoms with Gasteiger partial charge in [0.25, 0.3) is 0 Å². The van der Waals surface area contributed by atoms with E-state index in [1.165, 1.54) is 0 Å². The van der Waals surface area contributed by atoms with Gasteiger partial charge in [0.1, 0.15) is 17.5 Å². The molecule has 0 atom stereocenters. The lowest BCUT2D eigenvalue weighted by Crippen LogP contribution is -2.07. The first-order valence-corrected chi connectivity index (χ1v) is 6.35. The van der Waals surface area contributed by atoms with Gasteiger partial charge in [-0.3, -0.25) is 0 Å². The molecule has 96 valence electrons. The van der Waals surface area contributed by atoms with Crippen LogP contribution >= 0.6 is 0 Å². The molecular formula is C14H15N5. The van der Waals surface area contributed by atoms with Crippen molar-refractivity contribution in [2.75, 3.05) is 11.1 Å². The minimum absolute atomic E-state index is 0.425. The van der Waals surface area contributed by atoms with Crippen molar-refractivity contribution in [3.8, 4) is 6.07 Å². The number of nitrogens with zero attached hydrogens (tertiary/aromatic N) is 3. The third kappa shape index (κ3) is 2.38. The van der Waals surface area contributed by atoms with Gasteiger partial charge in [-0.05, 0) is 18.4 Å². The van der Waals surface area contributed by atoms with E-state index in [0.717, 1.165) is 18.4 Å². The van der Waals surface area contributed by atoms with Crippen molar-refractivity contribution in [3.05, 3.63) is 41.5 Å². The first-order chi connectivity index (χ1) is 9.28. The van der Waals surface area contributed by atoms with E-state index in [1.54, 1.807) is 4.68 Å². The molecule has 19 heavy (non-hydrogen) atoms. The Hall–Kier alpha value is -2.48. The van der Waals surface area contributed by atoms with E-state index in [4.69, 9.17) is 5.73 Å². The Morgan fingerprint density at radius 2 is 2.11 bits per heavy atom. The summed E-state index contributed by atoms with van der Waals surface area (Å²) in [4.78, 5) is 0. The van der Waals surface area contributed by atoms with Crippen molar-refractivity contribution in [1.29, 1.82) is 5.26 Å². The molecule has 5 nitrogen and oxygen atoms in total. The summed E-state index contributed by atoms with van der Waals surface area (Å²) in [6.45, 7) is 0.577. The standard InChI is InChI=1S/C14H15N5/c15-8-12-13(16)19(9-10-4-2-1-3-5-10)18-14(12)17-11-6-7-11/h1-5,11H,6-7,9,16H2,(H,17,18). The van der Waals surface area contributed by atoms with Gasteiger partial charge in [-0.1, -0.05) is 30.3 Å². The third-order valence-electron chi connectivity index (χ3n) is 3.20. The summed E-state index contributed by atoms with van der Waals surface area (Å²) in [7, 11) is 0. The van der Waals surface area contributed by atoms with Crippen LogP contribution in [0, 0.1) is 11.3 Å². The summed E-state index contributed by atoms with van der Waals surface area (Å²) in [5.74, 6) is 1.04. The highest BCUT2D eigenvalue weighted by molar-refractivity contribution is 5.64. The largest absolute Gasteiger partial charge is 0.383 e. The van der Waals surface area contributed by atoms with Crippen molar-refractivity contribution in [1.82, 2.24) is 9.78 Å². The maximum absolute atomic E-state index is 9.19. The monoisotopic (exact) mass is 253 g/mol. The molecule has 3 N–H and O–H groups in total. The Kier molecular flexibility index (Phi) is 2.84. The molecule has 1 fully saturated rings. The lowest BCUT2D eigenvalue weighted by atomic mass is 10.2. The van der Waals surface area contributed by atoms with E-state index in [1.807, 2.05) is 30.3 Å². The van der Waals surface area contributed by atoms with E-state index in [2.05, 4.69) is 16.5 Å². The molecule has 3 rings (SSSR count). The molecule has 0 bridgehead atoms. The van der Waals surface area contributed by atoms with Crippen LogP contribution < -0.4 is 11.1 Å². The number of rotatable bonds is 4. The van der Waals surface area contributed by atoms with Gasteiger partial charge in [-0.15, -0.1) is 0 Å². The number of nitrogens with one attached hydrogen (secondary N) is 1. The van der Waals surface area contributed by atoms with E-state index in [-0.39, 0.29) is 0 Å². The molecule has 0 radical (unpaired) electrons. The van der Waals surface area contributed by atoms with Crippen molar-refractivity contribution >= 4 is 11.6 Å². The minimum Gasteiger partial charge on any atom is -0.383 e. The second kappa shape index (κ2) is 4.65. The zero-order valence-electron chi connectivity index (χ0n) is 10.5. The summed E-state index contributed by atoms with van der Waals surface area (Å²) in [6, 6.07) is 12.5. The average Bonchev–Trinajstić information content (AvgIpc) is 3.18. The molecule has 1 aromatic heterocycles. The minimum atomic E-state index is 0.425. The fraction of sp³-hybridized carbons (Fsp3) is 0.286. The number of nitriles is 1. The fourth-order valence-electron chi connectivity index (χ4n) is 1.98. The van der Waals surface area contributed by atoms with Crippen LogP contribution in [0.4, 0.5) is 11.6 Å². The number of hydrogen-bond donors (Lipinski definition) is 2. The first-order valence-electron chi connectivity index (χ1n) is 6.35. The van der Waals surface area contributed by atoms with Crippen LogP contribution in [0.25, 0.3) is 0 Å². The van der Waals surface area contributed by atoms with Gasteiger partial charge in [0.2, 0.25) is 0 Å². The second-order valence-corrected chi connectivity index (χ2v) is 4.78. The molecule has 0 amide bonds. The van der Waals surface area contributed by atoms with E-state index >= 15 is 0 Å². The molecule has 0 saturated heterocycles. The van der Waals surface area contributed by atoms with Crippen LogP contribution in [0.3, 0.4) is 0 Å². The Bertz CT molecular complexity index is 619. The van der Waals surface area contributed by atoms with Gasteiger partial charge in [0, 0.05) is 6.04 Å². The second-order valence-electron chi connectivity index (χ2n) is 4.78. The number of nitrogen functional groups attached to an aromatic ring is 1. The zero-order chi connectivity index (χ0) is 13.2. The maximum atomic E-state index is 9.19. The smallest absolute Gasteiger partial charge is 0.168 e. The topological polar surface area (TPSA) is 79.7 Å². The molecule has 1 aromatic carbocycles. The van der Waals surface area contributed by atoms with Crippen LogP contribution in [-0.4, -0.2) is 15.8 Å². The molecule has 5 heteroatoms. The normalized spacial score (nSPS) is 14.1. The average molecular weight is 253 g/mol. The quantitative estimate of drug-likeness (QED) is 0.873. The lowest BCUT2D eigenvalue weighted by Gasteiger charge is -2.03. The highest BCUT2D eigenvalue weighted by Gasteiger charge is 2.25. The Balaban J connectivity index is 1.89. The number of hydrogen-bond acceptors (Lipinski definition) is 4. The third-order valence-corrected chi connectivity index (χ3v) is 3.20. The SMILES string of the molecule is N#Cc1c(NC2CC2)nn(Cc2ccccc2)c1N. The number of nitrogens with two attached hydrogens (primary N) is 1. The van der Waals surface area contributed by atoms with Gasteiger partial charge in [0.05, 0.1) is 6.54 Å². The Morgan fingerprint density at radius 3 is 2.74 bits per heavy atom. The molecule has 1 heterocycles. The number of aromatic nitrogens is 2. The fourth-order valence-corrected chi connectivity index (χ4v) is 1.98. The predicted molar refractivity (Wildman–Crippen MR) is 73.5 cm³/mol. The molecule has 0 aliphatic heterocycles. The van der Waals surface area contributed by atoms with Gasteiger partial charge >= 0.3 is 0 Å². The molecular weight excluding hydrogens is 238 g/mol. The van der Waals surface area contributed by atoms with E-state index in [9.17, 15) is 5.26 Å². The van der Waals surface area contributed by atoms with Gasteiger partial charge < -0.3 is 11.1 Å². The van der Waals surface area contributed by atoms with Crippen LogP contribution in [-0.2, 0) is 6.54 Å². The predicted octanol–water partition coefficient (Wildman–Crippen LogP) is 1.96. The van der Waals surface area contributed by atoms with Gasteiger partial charge in [-0.25, -0.2) is 4.68 Å². The van der Waals surface area contributed by atoms with Gasteiger partial charge in [-0.2, -0.15) is 10.4 Å². The van der Waals surface area contributed by atoms with Crippen molar-refractivity contribution < 1.29 is 0 Å². The van der Waals surface area contributed by atoms with Crippen LogP contribution in [0.1, 0.15) is 24.0 Å². The van der Waals surface area contributed by atoms with Crippen molar-refractivity contribution in [3.63, 3.8) is 0 Å². The van der Waals surface area contributed by atoms with Crippen LogP contribution in [0.5, 0.6) is 0 Å². The summed E-state index contributed by atoms with van der Waals surface area (Å²) >= 11 is 0. The molecule has 1 saturated carbocycles. The van der Waals surface area contributed by atoms with Crippen LogP contribution in [0.15, 0.2) is 30.3 Å². The zero-order valence-corrected chi connectivity index (χ0v) is 10.5. The Labute approximate surface area is 111 Å². The molecule has 1 aliphatic carbocycles. The number of benzene rings is 1. The Morgan fingerprint density at radius 1 is 1.37 bits per heavy atom. The number of anilines is 2. The first kappa shape index (κ1) is 11.6. The summed E-state index contributed by atoms with van der Waals surface area (Å²) < 4.78 is 1.68. The molecule has 0 unspecified atom stereocenters. The van der Waals surface area contributed by atoms with E-state index in [0.29, 0.717) is 29.8 Å². The highest BCUT2D eigenvalue weighted by Crippen LogP contribution is 2.28. The summed E-state index contributed by atoms with van der Waals surface area (Å²) in [5, 5.41) is 16.9.